The van der Waals surface area contributed by atoms with E-state index in [2.05, 4.69) is 20.5 Å². The maximum absolute atomic E-state index is 12.3. The Bertz CT molecular complexity index is 1010. The van der Waals surface area contributed by atoms with Gasteiger partial charge in [-0.05, 0) is 11.4 Å². The van der Waals surface area contributed by atoms with Gasteiger partial charge in [0.2, 0.25) is 10.3 Å². The van der Waals surface area contributed by atoms with E-state index >= 15 is 0 Å². The third kappa shape index (κ3) is 4.53. The molecule has 0 aliphatic rings. The summed E-state index contributed by atoms with van der Waals surface area (Å²) in [4.78, 5) is 37.5. The van der Waals surface area contributed by atoms with E-state index in [0.717, 1.165) is 34.4 Å². The van der Waals surface area contributed by atoms with Gasteiger partial charge in [-0.25, -0.2) is 4.99 Å². The van der Waals surface area contributed by atoms with Gasteiger partial charge < -0.3 is 0 Å². The number of benzene rings is 1. The molecular weight excluding hydrogens is 396 g/mol. The number of aliphatic imine (C=N–C) groups is 1. The van der Waals surface area contributed by atoms with Crippen molar-refractivity contribution >= 4 is 56.4 Å². The molecule has 3 rings (SSSR count). The van der Waals surface area contributed by atoms with E-state index in [-0.39, 0.29) is 10.7 Å². The third-order valence-corrected chi connectivity index (χ3v) is 4.62. The minimum Gasteiger partial charge on any atom is -0.296 e. The van der Waals surface area contributed by atoms with Crippen LogP contribution >= 0.6 is 22.7 Å². The molecule has 1 amide bonds. The third-order valence-electron chi connectivity index (χ3n) is 3.07. The van der Waals surface area contributed by atoms with Crippen LogP contribution < -0.4 is 5.32 Å². The Kier molecular flexibility index (Phi) is 5.23. The minimum absolute atomic E-state index is 0.104. The molecule has 0 radical (unpaired) electrons. The Morgan fingerprint density at radius 3 is 2.44 bits per heavy atom. The van der Waals surface area contributed by atoms with E-state index in [0.29, 0.717) is 5.13 Å². The van der Waals surface area contributed by atoms with Crippen LogP contribution in [0.4, 0.5) is 21.6 Å². The number of anilines is 1. The van der Waals surface area contributed by atoms with Gasteiger partial charge in [-0.3, -0.25) is 30.3 Å². The Morgan fingerprint density at radius 2 is 1.85 bits per heavy atom. The first kappa shape index (κ1) is 18.2. The number of nitro groups is 2. The maximum Gasteiger partial charge on any atom is 0.277 e. The molecular formula is C14H8N6O5S2. The number of nitrogens with zero attached hydrogens (tertiary/aromatic N) is 5. The molecule has 3 aromatic rings. The van der Waals surface area contributed by atoms with Crippen molar-refractivity contribution in [1.29, 1.82) is 0 Å². The highest BCUT2D eigenvalue weighted by Crippen LogP contribution is 2.26. The molecule has 1 N–H and O–H groups in total. The SMILES string of the molecule is O=C(Nc1nnc(N=Cc2cccs2)s1)c1cc([N+](=O)[O-])cc([N+](=O)[O-])c1. The summed E-state index contributed by atoms with van der Waals surface area (Å²) in [6.07, 6.45) is 1.60. The van der Waals surface area contributed by atoms with Crippen molar-refractivity contribution in [3.8, 4) is 0 Å². The zero-order valence-electron chi connectivity index (χ0n) is 13.1. The summed E-state index contributed by atoms with van der Waals surface area (Å²) in [6.45, 7) is 0. The van der Waals surface area contributed by atoms with E-state index in [4.69, 9.17) is 0 Å². The number of carbonyl (C=O) groups excluding carboxylic acids is 1. The molecule has 11 nitrogen and oxygen atoms in total. The molecule has 0 atom stereocenters. The number of non-ortho nitro benzene ring substituents is 2. The summed E-state index contributed by atoms with van der Waals surface area (Å²) in [6, 6.07) is 6.40. The van der Waals surface area contributed by atoms with Crippen LogP contribution in [0.1, 0.15) is 15.2 Å². The number of rotatable bonds is 6. The molecule has 2 heterocycles. The van der Waals surface area contributed by atoms with Gasteiger partial charge in [0.1, 0.15) is 0 Å². The number of nitrogens with one attached hydrogen (secondary N) is 1. The number of aromatic nitrogens is 2. The summed E-state index contributed by atoms with van der Waals surface area (Å²) in [7, 11) is 0. The average Bonchev–Trinajstić information content (AvgIpc) is 3.31. The summed E-state index contributed by atoms with van der Waals surface area (Å²) in [5.41, 5.74) is -1.37. The molecule has 0 aliphatic heterocycles. The first-order chi connectivity index (χ1) is 12.9. The molecule has 0 aliphatic carbocycles. The molecule has 0 unspecified atom stereocenters. The van der Waals surface area contributed by atoms with E-state index in [1.54, 1.807) is 6.21 Å². The topological polar surface area (TPSA) is 154 Å². The van der Waals surface area contributed by atoms with E-state index in [1.807, 2.05) is 17.5 Å². The molecule has 0 saturated heterocycles. The highest BCUT2D eigenvalue weighted by Gasteiger charge is 2.20. The lowest BCUT2D eigenvalue weighted by Gasteiger charge is -2.01. The fourth-order valence-corrected chi connectivity index (χ4v) is 3.08. The number of thiophene rings is 1. The quantitative estimate of drug-likeness (QED) is 0.375. The van der Waals surface area contributed by atoms with Crippen LogP contribution in [-0.4, -0.2) is 32.2 Å². The predicted molar refractivity (Wildman–Crippen MR) is 99.2 cm³/mol. The van der Waals surface area contributed by atoms with Gasteiger partial charge in [0, 0.05) is 23.2 Å². The summed E-state index contributed by atoms with van der Waals surface area (Å²) in [5.74, 6) is -0.785. The van der Waals surface area contributed by atoms with Gasteiger partial charge in [0.05, 0.1) is 21.5 Å². The number of hydrogen-bond acceptors (Lipinski definition) is 10. The highest BCUT2D eigenvalue weighted by molar-refractivity contribution is 7.19. The molecule has 13 heteroatoms. The Balaban J connectivity index is 1.77. The monoisotopic (exact) mass is 404 g/mol. The zero-order chi connectivity index (χ0) is 19.4. The second-order valence-electron chi connectivity index (χ2n) is 4.87. The van der Waals surface area contributed by atoms with Crippen LogP contribution in [0.3, 0.4) is 0 Å². The van der Waals surface area contributed by atoms with Crippen molar-refractivity contribution in [3.63, 3.8) is 0 Å². The van der Waals surface area contributed by atoms with Gasteiger partial charge in [-0.15, -0.1) is 21.5 Å². The van der Waals surface area contributed by atoms with Crippen LogP contribution in [0.2, 0.25) is 0 Å². The molecule has 27 heavy (non-hydrogen) atoms. The summed E-state index contributed by atoms with van der Waals surface area (Å²) >= 11 is 2.48. The van der Waals surface area contributed by atoms with Crippen molar-refractivity contribution in [3.05, 3.63) is 66.4 Å². The highest BCUT2D eigenvalue weighted by atomic mass is 32.1. The smallest absolute Gasteiger partial charge is 0.277 e. The molecule has 2 aromatic heterocycles. The van der Waals surface area contributed by atoms with Crippen LogP contribution in [0.5, 0.6) is 0 Å². The molecule has 136 valence electrons. The predicted octanol–water partition coefficient (Wildman–Crippen LogP) is 3.42. The van der Waals surface area contributed by atoms with Crippen LogP contribution in [-0.2, 0) is 0 Å². The molecule has 0 saturated carbocycles. The van der Waals surface area contributed by atoms with Crippen molar-refractivity contribution in [2.45, 2.75) is 0 Å². The van der Waals surface area contributed by atoms with Gasteiger partial charge in [-0.2, -0.15) is 0 Å². The van der Waals surface area contributed by atoms with Gasteiger partial charge in [0.15, 0.2) is 0 Å². The Hall–Kier alpha value is -3.58. The second kappa shape index (κ2) is 7.76. The lowest BCUT2D eigenvalue weighted by molar-refractivity contribution is -0.394. The lowest BCUT2D eigenvalue weighted by Crippen LogP contribution is -2.12. The zero-order valence-corrected chi connectivity index (χ0v) is 14.8. The standard InChI is InChI=1S/C14H8N6O5S2/c21-12(8-4-9(19(22)23)6-10(5-8)20(24)25)16-14-18-17-13(27-14)15-7-11-2-1-3-26-11/h1-7H,(H,16,18,21). The Morgan fingerprint density at radius 1 is 1.15 bits per heavy atom. The fourth-order valence-electron chi connectivity index (χ4n) is 1.91. The average molecular weight is 404 g/mol. The number of amides is 1. The maximum atomic E-state index is 12.3. The fraction of sp³-hybridized carbons (Fsp3) is 0. The number of nitro benzene ring substituents is 2. The molecule has 0 spiro atoms. The van der Waals surface area contributed by atoms with E-state index in [9.17, 15) is 25.0 Å². The number of carbonyl (C=O) groups is 1. The van der Waals surface area contributed by atoms with Crippen LogP contribution in [0.25, 0.3) is 0 Å². The van der Waals surface area contributed by atoms with Crippen molar-refractivity contribution < 1.29 is 14.6 Å². The lowest BCUT2D eigenvalue weighted by atomic mass is 10.1. The van der Waals surface area contributed by atoms with Gasteiger partial charge >= 0.3 is 0 Å². The molecule has 0 bridgehead atoms. The van der Waals surface area contributed by atoms with Gasteiger partial charge in [-0.1, -0.05) is 17.4 Å². The second-order valence-corrected chi connectivity index (χ2v) is 6.81. The summed E-state index contributed by atoms with van der Waals surface area (Å²) in [5, 5.41) is 34.0. The first-order valence-corrected chi connectivity index (χ1v) is 8.78. The molecule has 0 fully saturated rings. The van der Waals surface area contributed by atoms with Crippen LogP contribution in [0.15, 0.2) is 40.7 Å². The van der Waals surface area contributed by atoms with Crippen molar-refractivity contribution in [2.24, 2.45) is 4.99 Å². The normalized spacial score (nSPS) is 10.8. The van der Waals surface area contributed by atoms with Crippen molar-refractivity contribution in [2.75, 3.05) is 5.32 Å². The van der Waals surface area contributed by atoms with Gasteiger partial charge in [0.25, 0.3) is 17.3 Å². The van der Waals surface area contributed by atoms with Crippen LogP contribution in [0, 0.1) is 20.2 Å². The summed E-state index contributed by atoms with van der Waals surface area (Å²) < 4.78 is 0. The Labute approximate surface area is 158 Å². The van der Waals surface area contributed by atoms with E-state index in [1.165, 1.54) is 11.3 Å². The minimum atomic E-state index is -0.813. The van der Waals surface area contributed by atoms with E-state index < -0.39 is 27.1 Å². The largest absolute Gasteiger partial charge is 0.296 e. The molecule has 1 aromatic carbocycles. The van der Waals surface area contributed by atoms with Crippen molar-refractivity contribution in [1.82, 2.24) is 10.2 Å². The number of hydrogen-bond donors (Lipinski definition) is 1. The first-order valence-electron chi connectivity index (χ1n) is 7.08.